The monoisotopic (exact) mass is 535 g/mol. The smallest absolute Gasteiger partial charge is 0.279 e. The summed E-state index contributed by atoms with van der Waals surface area (Å²) in [7, 11) is 0. The van der Waals surface area contributed by atoms with Crippen molar-refractivity contribution in [2.24, 2.45) is 0 Å². The highest BCUT2D eigenvalue weighted by atomic mass is 16.2. The highest BCUT2D eigenvalue weighted by molar-refractivity contribution is 5.96. The molecule has 214 valence electrons. The summed E-state index contributed by atoms with van der Waals surface area (Å²) < 4.78 is 0.784. The lowest BCUT2D eigenvalue weighted by Crippen LogP contribution is -2.53. The van der Waals surface area contributed by atoms with Gasteiger partial charge in [-0.15, -0.1) is 0 Å². The summed E-state index contributed by atoms with van der Waals surface area (Å²) in [6, 6.07) is 10.3. The fourth-order valence-corrected chi connectivity index (χ4v) is 6.24. The Labute approximate surface area is 236 Å². The van der Waals surface area contributed by atoms with Gasteiger partial charge in [-0.1, -0.05) is 42.3 Å². The quantitative estimate of drug-likeness (QED) is 0.248. The number of nitrogens with one attached hydrogen (secondary N) is 2. The molecule has 0 saturated carbocycles. The van der Waals surface area contributed by atoms with Crippen LogP contribution in [0.25, 0.3) is 0 Å². The SMILES string of the molecule is CC[N+](CC)(CCCCN1CCCCC1C(=O)Nc1c(C)cccc1C)CC(=O)Nc1c(C)cc(C)cc1C. The van der Waals surface area contributed by atoms with Crippen LogP contribution in [-0.4, -0.2) is 66.5 Å². The number of quaternary nitrogens is 1. The maximum absolute atomic E-state index is 13.3. The van der Waals surface area contributed by atoms with Crippen LogP contribution in [0.5, 0.6) is 0 Å². The fraction of sp³-hybridized carbons (Fsp3) is 0.576. The number of amides is 2. The van der Waals surface area contributed by atoms with Crippen molar-refractivity contribution in [1.29, 1.82) is 0 Å². The third-order valence-corrected chi connectivity index (χ3v) is 8.74. The van der Waals surface area contributed by atoms with Crippen molar-refractivity contribution in [3.05, 3.63) is 58.1 Å². The van der Waals surface area contributed by atoms with E-state index in [0.717, 1.165) is 103 Å². The minimum atomic E-state index is -0.0684. The number of rotatable bonds is 12. The summed E-state index contributed by atoms with van der Waals surface area (Å²) in [6.07, 6.45) is 5.24. The number of likely N-dealkylation sites (N-methyl/N-ethyl adjacent to an activating group) is 1. The van der Waals surface area contributed by atoms with Gasteiger partial charge in [0.15, 0.2) is 6.54 Å². The van der Waals surface area contributed by atoms with Gasteiger partial charge in [0.25, 0.3) is 5.91 Å². The van der Waals surface area contributed by atoms with Crippen molar-refractivity contribution in [3.8, 4) is 0 Å². The number of unbranched alkanes of at least 4 members (excludes halogenated alkanes) is 1. The molecule has 6 heteroatoms. The molecular weight excluding hydrogens is 484 g/mol. The molecule has 1 unspecified atom stereocenters. The largest absolute Gasteiger partial charge is 0.324 e. The van der Waals surface area contributed by atoms with Gasteiger partial charge in [0.2, 0.25) is 5.91 Å². The van der Waals surface area contributed by atoms with Crippen LogP contribution in [0.2, 0.25) is 0 Å². The molecule has 3 rings (SSSR count). The van der Waals surface area contributed by atoms with E-state index in [1.807, 2.05) is 6.07 Å². The van der Waals surface area contributed by atoms with Gasteiger partial charge in [0.05, 0.1) is 25.7 Å². The zero-order valence-electron chi connectivity index (χ0n) is 25.5. The third-order valence-electron chi connectivity index (χ3n) is 8.74. The van der Waals surface area contributed by atoms with Crippen LogP contribution in [0.4, 0.5) is 11.4 Å². The van der Waals surface area contributed by atoms with Crippen LogP contribution >= 0.6 is 0 Å². The van der Waals surface area contributed by atoms with Crippen LogP contribution in [0.1, 0.15) is 73.8 Å². The molecule has 2 amide bonds. The van der Waals surface area contributed by atoms with Crippen molar-refractivity contribution < 1.29 is 14.1 Å². The van der Waals surface area contributed by atoms with Gasteiger partial charge < -0.3 is 15.1 Å². The van der Waals surface area contributed by atoms with Gasteiger partial charge in [-0.05, 0) is 109 Å². The van der Waals surface area contributed by atoms with Gasteiger partial charge in [-0.3, -0.25) is 14.5 Å². The molecule has 2 aromatic carbocycles. The molecule has 1 atom stereocenters. The first-order valence-corrected chi connectivity index (χ1v) is 14.9. The molecule has 0 aromatic heterocycles. The van der Waals surface area contributed by atoms with Gasteiger partial charge >= 0.3 is 0 Å². The second kappa shape index (κ2) is 14.1. The maximum Gasteiger partial charge on any atom is 0.279 e. The number of hydrogen-bond donors (Lipinski definition) is 2. The Morgan fingerprint density at radius 1 is 0.872 bits per heavy atom. The number of aryl methyl sites for hydroxylation is 5. The van der Waals surface area contributed by atoms with Gasteiger partial charge in [0.1, 0.15) is 0 Å². The van der Waals surface area contributed by atoms with E-state index in [4.69, 9.17) is 0 Å². The normalized spacial score (nSPS) is 16.2. The first-order valence-electron chi connectivity index (χ1n) is 14.9. The lowest BCUT2D eigenvalue weighted by atomic mass is 10.00. The lowest BCUT2D eigenvalue weighted by Gasteiger charge is -2.37. The minimum absolute atomic E-state index is 0.0684. The molecule has 0 aliphatic carbocycles. The Kier molecular flexibility index (Phi) is 11.1. The molecule has 1 fully saturated rings. The van der Waals surface area contributed by atoms with Crippen LogP contribution in [0.15, 0.2) is 30.3 Å². The summed E-state index contributed by atoms with van der Waals surface area (Å²) in [5.74, 6) is 0.214. The lowest BCUT2D eigenvalue weighted by molar-refractivity contribution is -0.917. The van der Waals surface area contributed by atoms with E-state index < -0.39 is 0 Å². The summed E-state index contributed by atoms with van der Waals surface area (Å²) in [4.78, 5) is 28.8. The van der Waals surface area contributed by atoms with Crippen LogP contribution in [0.3, 0.4) is 0 Å². The topological polar surface area (TPSA) is 61.4 Å². The molecule has 0 radical (unpaired) electrons. The maximum atomic E-state index is 13.3. The second-order valence-electron chi connectivity index (χ2n) is 11.7. The Morgan fingerprint density at radius 2 is 1.49 bits per heavy atom. The summed E-state index contributed by atoms with van der Waals surface area (Å²) >= 11 is 0. The van der Waals surface area contributed by atoms with Crippen molar-refractivity contribution in [1.82, 2.24) is 4.90 Å². The molecule has 39 heavy (non-hydrogen) atoms. The zero-order chi connectivity index (χ0) is 28.6. The third kappa shape index (κ3) is 8.15. The predicted octanol–water partition coefficient (Wildman–Crippen LogP) is 6.30. The Morgan fingerprint density at radius 3 is 2.10 bits per heavy atom. The standard InChI is InChI=1S/C33H50N4O2/c1-8-37(9-2,23-30(38)34-32-27(6)21-24(3)22-28(32)7)20-13-12-19-36-18-11-10-17-29(36)33(39)35-31-25(4)15-14-16-26(31)5/h14-16,21-22,29H,8-13,17-20,23H2,1-7H3,(H-,34,35,38,39)/p+1. The summed E-state index contributed by atoms with van der Waals surface area (Å²) in [5, 5.41) is 6.45. The van der Waals surface area contributed by atoms with E-state index >= 15 is 0 Å². The molecular formula is C33H51N4O2+. The number of hydrogen-bond acceptors (Lipinski definition) is 3. The van der Waals surface area contributed by atoms with Crippen LogP contribution in [-0.2, 0) is 9.59 Å². The Balaban J connectivity index is 1.55. The molecule has 1 heterocycles. The molecule has 2 aromatic rings. The molecule has 6 nitrogen and oxygen atoms in total. The molecule has 1 saturated heterocycles. The first-order chi connectivity index (χ1) is 18.6. The van der Waals surface area contributed by atoms with Crippen molar-refractivity contribution >= 4 is 23.2 Å². The number of likely N-dealkylation sites (tertiary alicyclic amines) is 1. The second-order valence-corrected chi connectivity index (χ2v) is 11.7. The van der Waals surface area contributed by atoms with Crippen molar-refractivity contribution in [2.75, 3.05) is 49.9 Å². The molecule has 1 aliphatic heterocycles. The van der Waals surface area contributed by atoms with E-state index in [1.54, 1.807) is 0 Å². The van der Waals surface area contributed by atoms with E-state index in [2.05, 4.69) is 88.3 Å². The minimum Gasteiger partial charge on any atom is -0.324 e. The number of para-hydroxylation sites is 1. The average Bonchev–Trinajstić information content (AvgIpc) is 2.90. The van der Waals surface area contributed by atoms with Crippen LogP contribution < -0.4 is 10.6 Å². The molecule has 2 N–H and O–H groups in total. The number of nitrogens with zero attached hydrogens (tertiary/aromatic N) is 2. The number of benzene rings is 2. The van der Waals surface area contributed by atoms with Gasteiger partial charge in [-0.2, -0.15) is 0 Å². The van der Waals surface area contributed by atoms with Crippen molar-refractivity contribution in [3.63, 3.8) is 0 Å². The van der Waals surface area contributed by atoms with E-state index in [9.17, 15) is 9.59 Å². The number of carbonyl (C=O) groups excluding carboxylic acids is 2. The number of anilines is 2. The first kappa shape index (κ1) is 30.8. The summed E-state index contributed by atoms with van der Waals surface area (Å²) in [6.45, 7) is 19.9. The number of carbonyl (C=O) groups is 2. The molecule has 1 aliphatic rings. The number of piperidine rings is 1. The highest BCUT2D eigenvalue weighted by Crippen LogP contribution is 2.24. The molecule has 0 spiro atoms. The zero-order valence-corrected chi connectivity index (χ0v) is 25.5. The Hall–Kier alpha value is -2.70. The van der Waals surface area contributed by atoms with E-state index in [0.29, 0.717) is 6.54 Å². The van der Waals surface area contributed by atoms with E-state index in [-0.39, 0.29) is 17.9 Å². The van der Waals surface area contributed by atoms with Gasteiger partial charge in [0, 0.05) is 11.4 Å². The van der Waals surface area contributed by atoms with Crippen molar-refractivity contribution in [2.45, 2.75) is 86.6 Å². The fourth-order valence-electron chi connectivity index (χ4n) is 6.24. The molecule has 0 bridgehead atoms. The predicted molar refractivity (Wildman–Crippen MR) is 163 cm³/mol. The average molecular weight is 536 g/mol. The van der Waals surface area contributed by atoms with E-state index in [1.165, 1.54) is 5.56 Å². The highest BCUT2D eigenvalue weighted by Gasteiger charge is 2.30. The summed E-state index contributed by atoms with van der Waals surface area (Å²) in [5.41, 5.74) is 7.57. The Bertz CT molecular complexity index is 1100. The van der Waals surface area contributed by atoms with Gasteiger partial charge in [-0.25, -0.2) is 0 Å². The van der Waals surface area contributed by atoms with Crippen LogP contribution in [0, 0.1) is 34.6 Å².